The van der Waals surface area contributed by atoms with Gasteiger partial charge < -0.3 is 5.48 Å². The van der Waals surface area contributed by atoms with Gasteiger partial charge in [-0.2, -0.15) is 0 Å². The number of nitrogens with zero attached hydrogens (tertiary/aromatic N) is 1. The first-order valence-electron chi connectivity index (χ1n) is 6.70. The maximum Gasteiger partial charge on any atom is 0.132 e. The molecule has 1 N–H and O–H groups in total. The molecule has 17 heavy (non-hydrogen) atoms. The van der Waals surface area contributed by atoms with E-state index in [2.05, 4.69) is 51.1 Å². The van der Waals surface area contributed by atoms with Crippen molar-refractivity contribution in [1.29, 1.82) is 0 Å². The van der Waals surface area contributed by atoms with Crippen LogP contribution >= 0.6 is 0 Å². The van der Waals surface area contributed by atoms with Crippen LogP contribution in [0.5, 0.6) is 0 Å². The van der Waals surface area contributed by atoms with Crippen LogP contribution in [0.15, 0.2) is 30.3 Å². The summed E-state index contributed by atoms with van der Waals surface area (Å²) in [4.78, 5) is 0. The molecule has 0 aromatic heterocycles. The lowest BCUT2D eigenvalue weighted by atomic mass is 10.1. The van der Waals surface area contributed by atoms with E-state index in [4.69, 9.17) is 0 Å². The standard InChI is InChI=1S/C15H26N.H2O/c1-4-12-16(13-5-2,14-6-3)15-10-8-7-9-11-15;/h7-11H,4-6,12-14H2,1-3H3;1H2/q+1;/p-1. The average molecular weight is 237 g/mol. The van der Waals surface area contributed by atoms with Gasteiger partial charge in [-0.15, -0.1) is 0 Å². The zero-order valence-corrected chi connectivity index (χ0v) is 11.5. The Balaban J connectivity index is 0.00000256. The fourth-order valence-electron chi connectivity index (χ4n) is 2.75. The van der Waals surface area contributed by atoms with E-state index >= 15 is 0 Å². The van der Waals surface area contributed by atoms with Gasteiger partial charge in [0, 0.05) is 0 Å². The Morgan fingerprint density at radius 1 is 0.765 bits per heavy atom. The zero-order valence-electron chi connectivity index (χ0n) is 11.5. The molecule has 0 bridgehead atoms. The van der Waals surface area contributed by atoms with Gasteiger partial charge in [0.1, 0.15) is 5.69 Å². The Morgan fingerprint density at radius 2 is 1.18 bits per heavy atom. The lowest BCUT2D eigenvalue weighted by Crippen LogP contribution is -2.51. The molecule has 1 rings (SSSR count). The van der Waals surface area contributed by atoms with Crippen LogP contribution in [0.2, 0.25) is 0 Å². The molecule has 0 amide bonds. The first-order chi connectivity index (χ1) is 7.79. The Morgan fingerprint density at radius 3 is 1.53 bits per heavy atom. The van der Waals surface area contributed by atoms with Gasteiger partial charge in [0.25, 0.3) is 0 Å². The van der Waals surface area contributed by atoms with Crippen molar-refractivity contribution in [1.82, 2.24) is 4.48 Å². The molecule has 2 heteroatoms. The minimum atomic E-state index is 0. The molecule has 0 fully saturated rings. The third-order valence-corrected chi connectivity index (χ3v) is 3.26. The predicted molar refractivity (Wildman–Crippen MR) is 75.6 cm³/mol. The van der Waals surface area contributed by atoms with Gasteiger partial charge in [-0.1, -0.05) is 39.0 Å². The summed E-state index contributed by atoms with van der Waals surface area (Å²) in [5, 5.41) is 0. The summed E-state index contributed by atoms with van der Waals surface area (Å²) in [7, 11) is 0. The summed E-state index contributed by atoms with van der Waals surface area (Å²) >= 11 is 0. The molecule has 0 saturated carbocycles. The van der Waals surface area contributed by atoms with Gasteiger partial charge >= 0.3 is 0 Å². The molecule has 2 nitrogen and oxygen atoms in total. The monoisotopic (exact) mass is 237 g/mol. The molecule has 0 atom stereocenters. The van der Waals surface area contributed by atoms with E-state index in [9.17, 15) is 0 Å². The Bertz CT molecular complexity index is 267. The highest BCUT2D eigenvalue weighted by Crippen LogP contribution is 2.24. The number of rotatable bonds is 7. The van der Waals surface area contributed by atoms with E-state index in [1.54, 1.807) is 0 Å². The van der Waals surface area contributed by atoms with Crippen LogP contribution < -0.4 is 4.48 Å². The normalized spacial score (nSPS) is 11.0. The number of para-hydroxylation sites is 1. The summed E-state index contributed by atoms with van der Waals surface area (Å²) in [6, 6.07) is 11.0. The topological polar surface area (TPSA) is 30.0 Å². The van der Waals surface area contributed by atoms with E-state index in [1.807, 2.05) is 0 Å². The van der Waals surface area contributed by atoms with Crippen molar-refractivity contribution in [3.8, 4) is 0 Å². The van der Waals surface area contributed by atoms with Crippen LogP contribution in [0.3, 0.4) is 0 Å². The molecule has 1 aromatic carbocycles. The van der Waals surface area contributed by atoms with Gasteiger partial charge in [-0.05, 0) is 31.4 Å². The van der Waals surface area contributed by atoms with E-state index in [0.717, 1.165) is 0 Å². The smallest absolute Gasteiger partial charge is 0.132 e. The van der Waals surface area contributed by atoms with Crippen LogP contribution in [-0.4, -0.2) is 25.1 Å². The maximum atomic E-state index is 2.29. The van der Waals surface area contributed by atoms with Crippen molar-refractivity contribution in [2.75, 3.05) is 19.6 Å². The van der Waals surface area contributed by atoms with E-state index in [-0.39, 0.29) is 5.48 Å². The summed E-state index contributed by atoms with van der Waals surface area (Å²) in [5.74, 6) is 0. The van der Waals surface area contributed by atoms with Crippen molar-refractivity contribution in [3.63, 3.8) is 0 Å². The molecule has 0 heterocycles. The van der Waals surface area contributed by atoms with E-state index < -0.39 is 0 Å². The zero-order chi connectivity index (χ0) is 11.9. The number of quaternary nitrogens is 1. The molecule has 98 valence electrons. The van der Waals surface area contributed by atoms with Crippen molar-refractivity contribution in [2.24, 2.45) is 0 Å². The van der Waals surface area contributed by atoms with Crippen LogP contribution in [0, 0.1) is 0 Å². The summed E-state index contributed by atoms with van der Waals surface area (Å²) < 4.78 is 1.17. The van der Waals surface area contributed by atoms with Gasteiger partial charge in [-0.25, -0.2) is 0 Å². The lowest BCUT2D eigenvalue weighted by Gasteiger charge is -2.38. The van der Waals surface area contributed by atoms with Crippen LogP contribution in [0.1, 0.15) is 40.0 Å². The lowest BCUT2D eigenvalue weighted by molar-refractivity contribution is 0.273. The summed E-state index contributed by atoms with van der Waals surface area (Å²) in [5.41, 5.74) is 1.49. The van der Waals surface area contributed by atoms with Crippen molar-refractivity contribution in [2.45, 2.75) is 40.0 Å². The largest absolute Gasteiger partial charge is 0.870 e. The second-order valence-electron chi connectivity index (χ2n) is 4.65. The third kappa shape index (κ3) is 4.14. The molecule has 0 radical (unpaired) electrons. The Kier molecular flexibility index (Phi) is 7.85. The second-order valence-corrected chi connectivity index (χ2v) is 4.65. The Labute approximate surface area is 106 Å². The predicted octanol–water partition coefficient (Wildman–Crippen LogP) is 4.05. The molecule has 0 saturated heterocycles. The Hall–Kier alpha value is -0.860. The SMILES string of the molecule is CCC[N+](CCC)(CCC)c1ccccc1.[OH-]. The van der Waals surface area contributed by atoms with Gasteiger partial charge in [0.2, 0.25) is 0 Å². The summed E-state index contributed by atoms with van der Waals surface area (Å²) in [6.07, 6.45) is 3.78. The van der Waals surface area contributed by atoms with Crippen molar-refractivity contribution < 1.29 is 5.48 Å². The summed E-state index contributed by atoms with van der Waals surface area (Å²) in [6.45, 7) is 10.7. The first kappa shape index (κ1) is 16.1. The quantitative estimate of drug-likeness (QED) is 0.658. The third-order valence-electron chi connectivity index (χ3n) is 3.26. The molecule has 0 aliphatic heterocycles. The van der Waals surface area contributed by atoms with Gasteiger partial charge in [-0.3, -0.25) is 4.48 Å². The molecular formula is C15H27NO. The van der Waals surface area contributed by atoms with Crippen LogP contribution in [0.4, 0.5) is 5.69 Å². The van der Waals surface area contributed by atoms with Gasteiger partial charge in [0.15, 0.2) is 0 Å². The van der Waals surface area contributed by atoms with Crippen LogP contribution in [-0.2, 0) is 0 Å². The molecular weight excluding hydrogens is 210 g/mol. The highest BCUT2D eigenvalue weighted by atomic mass is 16.0. The van der Waals surface area contributed by atoms with E-state index in [1.165, 1.54) is 49.1 Å². The molecule has 0 unspecified atom stereocenters. The van der Waals surface area contributed by atoms with Crippen molar-refractivity contribution in [3.05, 3.63) is 30.3 Å². The first-order valence-corrected chi connectivity index (χ1v) is 6.70. The molecule has 0 spiro atoms. The van der Waals surface area contributed by atoms with Gasteiger partial charge in [0.05, 0.1) is 19.6 Å². The molecule has 0 aliphatic rings. The molecule has 1 aromatic rings. The number of hydrogen-bond acceptors (Lipinski definition) is 1. The fourth-order valence-corrected chi connectivity index (χ4v) is 2.75. The minimum Gasteiger partial charge on any atom is -0.870 e. The van der Waals surface area contributed by atoms with Crippen LogP contribution in [0.25, 0.3) is 0 Å². The fraction of sp³-hybridized carbons (Fsp3) is 0.600. The number of benzene rings is 1. The highest BCUT2D eigenvalue weighted by Gasteiger charge is 2.27. The average Bonchev–Trinajstić information content (AvgIpc) is 2.31. The maximum absolute atomic E-state index is 2.29. The number of hydrogen-bond donors (Lipinski definition) is 0. The second kappa shape index (κ2) is 8.26. The highest BCUT2D eigenvalue weighted by molar-refractivity contribution is 5.42. The van der Waals surface area contributed by atoms with E-state index in [0.29, 0.717) is 0 Å². The molecule has 0 aliphatic carbocycles. The van der Waals surface area contributed by atoms with Crippen molar-refractivity contribution >= 4 is 5.69 Å². The minimum absolute atomic E-state index is 0.